The standard InChI is InChI=1S/C21H23ClN4O2SSi/c1-11-6-12-8-15(29-18(12)14(7-11)27-5)16-13(9-28-30-21(2,3)4)19(22)26-17(16)20(23)24-10-25-26/h6-8,10H,9H2,1-5H3,(H2,23,24,25). The molecule has 0 saturated carbocycles. The van der Waals surface area contributed by atoms with Gasteiger partial charge < -0.3 is 14.9 Å². The first-order chi connectivity index (χ1) is 14.2. The first kappa shape index (κ1) is 21.1. The van der Waals surface area contributed by atoms with Gasteiger partial charge in [0.15, 0.2) is 5.82 Å². The SMILES string of the molecule is COc1cc(C)cc2cc(-c3c(CO[Si]C(C)(C)C)c(Cl)n4ncnc(N)c34)sc12. The fourth-order valence-electron chi connectivity index (χ4n) is 3.38. The van der Waals surface area contributed by atoms with Gasteiger partial charge in [-0.15, -0.1) is 11.3 Å². The Kier molecular flexibility index (Phi) is 5.52. The van der Waals surface area contributed by atoms with Gasteiger partial charge in [0.25, 0.3) is 0 Å². The quantitative estimate of drug-likeness (QED) is 0.398. The third-order valence-electron chi connectivity index (χ3n) is 4.58. The molecule has 4 aromatic rings. The van der Waals surface area contributed by atoms with Gasteiger partial charge in [-0.2, -0.15) is 5.10 Å². The largest absolute Gasteiger partial charge is 0.495 e. The fourth-order valence-corrected chi connectivity index (χ4v) is 5.52. The summed E-state index contributed by atoms with van der Waals surface area (Å²) >= 11 is 8.38. The number of anilines is 1. The van der Waals surface area contributed by atoms with Crippen LogP contribution in [0.3, 0.4) is 0 Å². The Morgan fingerprint density at radius 3 is 2.73 bits per heavy atom. The van der Waals surface area contributed by atoms with Crippen molar-refractivity contribution < 1.29 is 9.16 Å². The molecule has 0 saturated heterocycles. The van der Waals surface area contributed by atoms with Crippen molar-refractivity contribution in [2.45, 2.75) is 39.3 Å². The number of hydrogen-bond donors (Lipinski definition) is 1. The molecule has 2 N–H and O–H groups in total. The molecule has 2 radical (unpaired) electrons. The number of methoxy groups -OCH3 is 1. The minimum absolute atomic E-state index is 0.0765. The second-order valence-electron chi connectivity index (χ2n) is 8.19. The summed E-state index contributed by atoms with van der Waals surface area (Å²) in [7, 11) is 2.03. The number of benzene rings is 1. The number of thiophene rings is 1. The molecule has 0 aliphatic heterocycles. The Morgan fingerprint density at radius 2 is 2.03 bits per heavy atom. The van der Waals surface area contributed by atoms with Crippen LogP contribution in [-0.2, 0) is 11.0 Å². The highest BCUT2D eigenvalue weighted by Crippen LogP contribution is 2.45. The normalized spacial score (nSPS) is 12.2. The summed E-state index contributed by atoms with van der Waals surface area (Å²) < 4.78 is 14.4. The zero-order valence-corrected chi connectivity index (χ0v) is 20.1. The van der Waals surface area contributed by atoms with E-state index in [-0.39, 0.29) is 5.04 Å². The van der Waals surface area contributed by atoms with Gasteiger partial charge in [-0.3, -0.25) is 0 Å². The van der Waals surface area contributed by atoms with E-state index in [0.29, 0.717) is 32.9 Å². The lowest BCUT2D eigenvalue weighted by atomic mass is 10.1. The van der Waals surface area contributed by atoms with E-state index >= 15 is 0 Å². The molecule has 6 nitrogen and oxygen atoms in total. The van der Waals surface area contributed by atoms with Crippen LogP contribution < -0.4 is 10.5 Å². The van der Waals surface area contributed by atoms with Gasteiger partial charge in [-0.05, 0) is 35.0 Å². The third-order valence-corrected chi connectivity index (χ3v) is 7.05. The van der Waals surface area contributed by atoms with Gasteiger partial charge in [0, 0.05) is 16.0 Å². The number of halogens is 1. The van der Waals surface area contributed by atoms with Gasteiger partial charge in [0.05, 0.1) is 18.4 Å². The van der Waals surface area contributed by atoms with Crippen molar-refractivity contribution in [2.75, 3.05) is 12.8 Å². The van der Waals surface area contributed by atoms with Crippen molar-refractivity contribution in [3.8, 4) is 16.2 Å². The second-order valence-corrected chi connectivity index (χ2v) is 11.6. The van der Waals surface area contributed by atoms with E-state index in [0.717, 1.165) is 37.4 Å². The molecule has 0 amide bonds. The lowest BCUT2D eigenvalue weighted by Crippen LogP contribution is -2.12. The van der Waals surface area contributed by atoms with Crippen LogP contribution >= 0.6 is 22.9 Å². The Labute approximate surface area is 186 Å². The van der Waals surface area contributed by atoms with Crippen molar-refractivity contribution in [3.63, 3.8) is 0 Å². The highest BCUT2D eigenvalue weighted by Gasteiger charge is 2.25. The van der Waals surface area contributed by atoms with E-state index in [9.17, 15) is 0 Å². The Bertz CT molecular complexity index is 1250. The Balaban J connectivity index is 1.93. The average Bonchev–Trinajstić information content (AvgIpc) is 3.20. The molecule has 0 bridgehead atoms. The minimum atomic E-state index is 0.0765. The molecule has 4 rings (SSSR count). The molecule has 3 aromatic heterocycles. The predicted octanol–water partition coefficient (Wildman–Crippen LogP) is 5.52. The third kappa shape index (κ3) is 3.80. The highest BCUT2D eigenvalue weighted by molar-refractivity contribution is 7.22. The Morgan fingerprint density at radius 1 is 1.27 bits per heavy atom. The lowest BCUT2D eigenvalue weighted by molar-refractivity contribution is 0.310. The van der Waals surface area contributed by atoms with E-state index in [2.05, 4.69) is 49.9 Å². The molecule has 3 heterocycles. The van der Waals surface area contributed by atoms with E-state index in [4.69, 9.17) is 26.5 Å². The summed E-state index contributed by atoms with van der Waals surface area (Å²) in [6.45, 7) is 8.87. The summed E-state index contributed by atoms with van der Waals surface area (Å²) in [5, 5.41) is 6.01. The van der Waals surface area contributed by atoms with Gasteiger partial charge >= 0.3 is 0 Å². The van der Waals surface area contributed by atoms with Crippen molar-refractivity contribution in [3.05, 3.63) is 40.8 Å². The number of ether oxygens (including phenoxy) is 1. The summed E-state index contributed by atoms with van der Waals surface area (Å²) in [5.41, 5.74) is 9.87. The van der Waals surface area contributed by atoms with Crippen LogP contribution in [0.5, 0.6) is 5.75 Å². The first-order valence-corrected chi connectivity index (χ1v) is 11.6. The molecule has 0 spiro atoms. The molecule has 1 aromatic carbocycles. The number of nitrogen functional groups attached to an aromatic ring is 1. The van der Waals surface area contributed by atoms with E-state index in [1.165, 1.54) is 6.33 Å². The van der Waals surface area contributed by atoms with E-state index in [1.54, 1.807) is 23.0 Å². The average molecular weight is 459 g/mol. The zero-order valence-electron chi connectivity index (χ0n) is 17.5. The number of nitrogens with zero attached hydrogens (tertiary/aromatic N) is 3. The summed E-state index contributed by atoms with van der Waals surface area (Å²) in [4.78, 5) is 5.22. The summed E-state index contributed by atoms with van der Waals surface area (Å²) in [6, 6.07) is 6.33. The molecule has 0 unspecified atom stereocenters. The highest BCUT2D eigenvalue weighted by atomic mass is 35.5. The van der Waals surface area contributed by atoms with Crippen LogP contribution in [0, 0.1) is 6.92 Å². The molecular weight excluding hydrogens is 436 g/mol. The van der Waals surface area contributed by atoms with E-state index < -0.39 is 0 Å². The first-order valence-electron chi connectivity index (χ1n) is 9.46. The molecule has 30 heavy (non-hydrogen) atoms. The number of fused-ring (bicyclic) bond motifs is 2. The number of rotatable bonds is 5. The molecule has 9 heteroatoms. The smallest absolute Gasteiger partial charge is 0.236 e. The number of nitrogens with two attached hydrogens (primary N) is 1. The van der Waals surface area contributed by atoms with Crippen LogP contribution in [0.4, 0.5) is 5.82 Å². The number of hydrogen-bond acceptors (Lipinski definition) is 6. The second kappa shape index (κ2) is 7.85. The Hall–Kier alpha value is -2.13. The zero-order chi connectivity index (χ0) is 21.6. The minimum Gasteiger partial charge on any atom is -0.495 e. The maximum Gasteiger partial charge on any atom is 0.236 e. The van der Waals surface area contributed by atoms with Crippen LogP contribution in [0.15, 0.2) is 24.5 Å². The monoisotopic (exact) mass is 458 g/mol. The molecule has 0 aliphatic carbocycles. The van der Waals surface area contributed by atoms with Crippen LogP contribution in [-0.4, -0.2) is 31.5 Å². The summed E-state index contributed by atoms with van der Waals surface area (Å²) in [6.07, 6.45) is 1.41. The van der Waals surface area contributed by atoms with Crippen LogP contribution in [0.1, 0.15) is 31.9 Å². The van der Waals surface area contributed by atoms with Crippen molar-refractivity contribution in [1.82, 2.24) is 14.6 Å². The molecule has 156 valence electrons. The molecule has 0 fully saturated rings. The molecule has 0 atom stereocenters. The molecule has 0 aliphatic rings. The topological polar surface area (TPSA) is 74.7 Å². The van der Waals surface area contributed by atoms with Gasteiger partial charge in [0.2, 0.25) is 9.76 Å². The number of aromatic nitrogens is 3. The van der Waals surface area contributed by atoms with Gasteiger partial charge in [-0.1, -0.05) is 38.4 Å². The van der Waals surface area contributed by atoms with Gasteiger partial charge in [0.1, 0.15) is 22.7 Å². The van der Waals surface area contributed by atoms with Gasteiger partial charge in [-0.25, -0.2) is 9.50 Å². The maximum absolute atomic E-state index is 6.74. The van der Waals surface area contributed by atoms with Crippen molar-refractivity contribution >= 4 is 54.1 Å². The fraction of sp³-hybridized carbons (Fsp3) is 0.333. The predicted molar refractivity (Wildman–Crippen MR) is 125 cm³/mol. The van der Waals surface area contributed by atoms with Crippen molar-refractivity contribution in [2.24, 2.45) is 0 Å². The van der Waals surface area contributed by atoms with Crippen molar-refractivity contribution in [1.29, 1.82) is 0 Å². The number of aryl methyl sites for hydroxylation is 1. The van der Waals surface area contributed by atoms with E-state index in [1.807, 2.05) is 6.07 Å². The summed E-state index contributed by atoms with van der Waals surface area (Å²) in [5.74, 6) is 1.24. The van der Waals surface area contributed by atoms with Crippen LogP contribution in [0.25, 0.3) is 26.0 Å². The lowest BCUT2D eigenvalue weighted by Gasteiger charge is -2.16. The maximum atomic E-state index is 6.74. The molecular formula is C21H23ClN4O2SSi. The van der Waals surface area contributed by atoms with Crippen LogP contribution in [0.2, 0.25) is 10.2 Å².